The van der Waals surface area contributed by atoms with Crippen LogP contribution in [0.2, 0.25) is 0 Å². The van der Waals surface area contributed by atoms with Crippen LogP contribution in [0, 0.1) is 13.8 Å². The van der Waals surface area contributed by atoms with E-state index in [-0.39, 0.29) is 21.5 Å². The maximum Gasteiger partial charge on any atom is 0.335 e. The van der Waals surface area contributed by atoms with Gasteiger partial charge in [-0.05, 0) is 50.1 Å². The smallest absolute Gasteiger partial charge is 0.335 e. The number of benzene rings is 1. The Morgan fingerprint density at radius 2 is 1.80 bits per heavy atom. The molecule has 10 heteroatoms. The Hall–Kier alpha value is -2.17. The van der Waals surface area contributed by atoms with Gasteiger partial charge in [-0.1, -0.05) is 12.1 Å². The molecule has 1 aromatic heterocycles. The molecule has 134 valence electrons. The number of aromatic nitrogens is 2. The van der Waals surface area contributed by atoms with Crippen LogP contribution < -0.4 is 10.0 Å². The normalized spacial score (nSPS) is 12.5. The first kappa shape index (κ1) is 19.2. The molecule has 0 bridgehead atoms. The number of amides is 2. The van der Waals surface area contributed by atoms with E-state index in [1.807, 2.05) is 4.72 Å². The molecule has 0 fully saturated rings. The van der Waals surface area contributed by atoms with E-state index in [1.165, 1.54) is 18.2 Å². The molecule has 25 heavy (non-hydrogen) atoms. The molecule has 2 rings (SSSR count). The zero-order valence-corrected chi connectivity index (χ0v) is 15.6. The summed E-state index contributed by atoms with van der Waals surface area (Å²) in [5, 5.41) is 2.28. The highest BCUT2D eigenvalue weighted by molar-refractivity contribution is 7.93. The molecule has 1 heterocycles. The Morgan fingerprint density at radius 3 is 2.40 bits per heavy atom. The van der Waals surface area contributed by atoms with Crippen molar-refractivity contribution in [2.24, 2.45) is 0 Å². The van der Waals surface area contributed by atoms with Crippen LogP contribution >= 0.6 is 0 Å². The highest BCUT2D eigenvalue weighted by Gasteiger charge is 2.26. The molecule has 8 nitrogen and oxygen atoms in total. The van der Waals surface area contributed by atoms with Crippen LogP contribution in [0.25, 0.3) is 0 Å². The van der Waals surface area contributed by atoms with Crippen molar-refractivity contribution < 1.29 is 17.8 Å². The Morgan fingerprint density at radius 1 is 1.20 bits per heavy atom. The standard InChI is InChI=1S/C15H18N4O4S2/c1-4-24(21)12-7-5-6-8-13(12)25(22,23)19-15(20)18-14-16-10(2)9-11(3)17-14/h5-9H,4H2,1-3H3,(H2,16,17,18,19,20). The van der Waals surface area contributed by atoms with Crippen LogP contribution in [-0.2, 0) is 21.2 Å². The fraction of sp³-hybridized carbons (Fsp3) is 0.267. The molecule has 0 aliphatic carbocycles. The monoisotopic (exact) mass is 382 g/mol. The van der Waals surface area contributed by atoms with Crippen molar-refractivity contribution in [3.63, 3.8) is 0 Å². The van der Waals surface area contributed by atoms with E-state index in [4.69, 9.17) is 0 Å². The van der Waals surface area contributed by atoms with Gasteiger partial charge in [-0.15, -0.1) is 0 Å². The summed E-state index contributed by atoms with van der Waals surface area (Å²) in [5.74, 6) is 0.255. The summed E-state index contributed by atoms with van der Waals surface area (Å²) in [4.78, 5) is 20.0. The molecule has 2 aromatic rings. The van der Waals surface area contributed by atoms with Gasteiger partial charge in [0.2, 0.25) is 5.95 Å². The third kappa shape index (κ3) is 4.91. The molecule has 0 aliphatic heterocycles. The fourth-order valence-corrected chi connectivity index (χ4v) is 4.54. The molecule has 0 saturated heterocycles. The predicted octanol–water partition coefficient (Wildman–Crippen LogP) is 1.73. The lowest BCUT2D eigenvalue weighted by atomic mass is 10.4. The van der Waals surface area contributed by atoms with Crippen molar-refractivity contribution in [2.45, 2.75) is 30.6 Å². The number of aryl methyl sites for hydroxylation is 2. The van der Waals surface area contributed by atoms with E-state index >= 15 is 0 Å². The highest BCUT2D eigenvalue weighted by atomic mass is 32.2. The first-order valence-electron chi connectivity index (χ1n) is 7.36. The van der Waals surface area contributed by atoms with Gasteiger partial charge in [0.15, 0.2) is 4.90 Å². The third-order valence-electron chi connectivity index (χ3n) is 3.08. The van der Waals surface area contributed by atoms with Crippen molar-refractivity contribution in [3.05, 3.63) is 41.7 Å². The van der Waals surface area contributed by atoms with Gasteiger partial charge in [0.05, 0.1) is 0 Å². The Bertz CT molecular complexity index is 867. The highest BCUT2D eigenvalue weighted by Crippen LogP contribution is 2.21. The third-order valence-corrected chi connectivity index (χ3v) is 5.97. The predicted molar refractivity (Wildman–Crippen MR) is 94.2 cm³/mol. The molecule has 0 aliphatic rings. The van der Waals surface area contributed by atoms with Crippen molar-refractivity contribution in [1.82, 2.24) is 14.7 Å². The van der Waals surface area contributed by atoms with Crippen LogP contribution in [0.1, 0.15) is 18.3 Å². The number of nitrogens with zero attached hydrogens (tertiary/aromatic N) is 2. The van der Waals surface area contributed by atoms with E-state index in [1.54, 1.807) is 32.9 Å². The number of nitrogens with one attached hydrogen (secondary N) is 2. The maximum atomic E-state index is 12.5. The molecule has 0 saturated carbocycles. The molecule has 1 aromatic carbocycles. The number of hydrogen-bond acceptors (Lipinski definition) is 6. The van der Waals surface area contributed by atoms with Gasteiger partial charge < -0.3 is 4.55 Å². The fourth-order valence-electron chi connectivity index (χ4n) is 2.10. The van der Waals surface area contributed by atoms with Gasteiger partial charge in [0, 0.05) is 11.4 Å². The zero-order valence-electron chi connectivity index (χ0n) is 13.9. The summed E-state index contributed by atoms with van der Waals surface area (Å²) in [5.41, 5.74) is 1.27. The minimum atomic E-state index is -4.20. The van der Waals surface area contributed by atoms with E-state index < -0.39 is 27.2 Å². The van der Waals surface area contributed by atoms with Crippen molar-refractivity contribution >= 4 is 33.2 Å². The van der Waals surface area contributed by atoms with Crippen molar-refractivity contribution in [1.29, 1.82) is 0 Å². The number of rotatable bonds is 5. The summed E-state index contributed by atoms with van der Waals surface area (Å²) in [6, 6.07) is 6.56. The van der Waals surface area contributed by atoms with Crippen LogP contribution in [0.4, 0.5) is 10.7 Å². The largest absolute Gasteiger partial charge is 0.611 e. The number of carbonyl (C=O) groups is 1. The van der Waals surface area contributed by atoms with Crippen LogP contribution in [0.5, 0.6) is 0 Å². The maximum absolute atomic E-state index is 12.5. The lowest BCUT2D eigenvalue weighted by Gasteiger charge is -2.13. The molecule has 1 atom stereocenters. The minimum absolute atomic E-state index is 0.00406. The number of sulfonamides is 1. The van der Waals surface area contributed by atoms with Crippen LogP contribution in [-0.4, -0.2) is 34.7 Å². The molecule has 0 spiro atoms. The van der Waals surface area contributed by atoms with Crippen LogP contribution in [0.15, 0.2) is 40.1 Å². The van der Waals surface area contributed by atoms with Gasteiger partial charge >= 0.3 is 6.03 Å². The number of hydrogen-bond donors (Lipinski definition) is 2. The molecular weight excluding hydrogens is 364 g/mol. The average molecular weight is 382 g/mol. The summed E-state index contributed by atoms with van der Waals surface area (Å²) in [6.45, 7) is 5.13. The van der Waals surface area contributed by atoms with E-state index in [0.717, 1.165) is 0 Å². The van der Waals surface area contributed by atoms with Crippen molar-refractivity contribution in [3.8, 4) is 0 Å². The second-order valence-corrected chi connectivity index (χ2v) is 8.47. The topological polar surface area (TPSA) is 124 Å². The van der Waals surface area contributed by atoms with Gasteiger partial charge in [-0.3, -0.25) is 5.32 Å². The second-order valence-electron chi connectivity index (χ2n) is 5.11. The Labute approximate surface area is 149 Å². The SMILES string of the molecule is CC[S+]([O-])c1ccccc1S(=O)(=O)NC(=O)Nc1nc(C)cc(C)n1. The van der Waals surface area contributed by atoms with Crippen molar-refractivity contribution in [2.75, 3.05) is 11.1 Å². The zero-order chi connectivity index (χ0) is 18.6. The average Bonchev–Trinajstić information content (AvgIpc) is 2.52. The van der Waals surface area contributed by atoms with E-state index in [9.17, 15) is 17.8 Å². The molecule has 0 radical (unpaired) electrons. The Balaban J connectivity index is 2.22. The quantitative estimate of drug-likeness (QED) is 0.759. The Kier molecular flexibility index (Phi) is 5.98. The van der Waals surface area contributed by atoms with E-state index in [2.05, 4.69) is 15.3 Å². The summed E-state index contributed by atoms with van der Waals surface area (Å²) in [7, 11) is -4.20. The summed E-state index contributed by atoms with van der Waals surface area (Å²) < 4.78 is 38.8. The van der Waals surface area contributed by atoms with Crippen LogP contribution in [0.3, 0.4) is 0 Å². The number of anilines is 1. The van der Waals surface area contributed by atoms with Gasteiger partial charge in [-0.25, -0.2) is 27.9 Å². The first-order valence-corrected chi connectivity index (χ1v) is 10.2. The van der Waals surface area contributed by atoms with Gasteiger partial charge in [0.25, 0.3) is 10.0 Å². The number of carbonyl (C=O) groups excluding carboxylic acids is 1. The summed E-state index contributed by atoms with van der Waals surface area (Å²) in [6.07, 6.45) is 0. The lowest BCUT2D eigenvalue weighted by molar-refractivity contribution is 0.256. The summed E-state index contributed by atoms with van der Waals surface area (Å²) >= 11 is -1.48. The molecule has 1 unspecified atom stereocenters. The van der Waals surface area contributed by atoms with Gasteiger partial charge in [0.1, 0.15) is 10.6 Å². The van der Waals surface area contributed by atoms with E-state index in [0.29, 0.717) is 11.4 Å². The molecule has 2 N–H and O–H groups in total. The molecule has 2 amide bonds. The second kappa shape index (κ2) is 7.81. The molecular formula is C15H18N4O4S2. The minimum Gasteiger partial charge on any atom is -0.611 e. The van der Waals surface area contributed by atoms with Gasteiger partial charge in [-0.2, -0.15) is 0 Å². The first-order chi connectivity index (χ1) is 11.7. The lowest BCUT2D eigenvalue weighted by Crippen LogP contribution is -2.35. The number of urea groups is 1.